The van der Waals surface area contributed by atoms with Gasteiger partial charge in [0.1, 0.15) is 12.4 Å². The van der Waals surface area contributed by atoms with E-state index in [0.717, 1.165) is 28.5 Å². The van der Waals surface area contributed by atoms with Crippen LogP contribution in [-0.4, -0.2) is 53.3 Å². The largest absolute Gasteiger partial charge is 0.487 e. The minimum absolute atomic E-state index is 0.161. The maximum absolute atomic E-state index is 13.3. The Bertz CT molecular complexity index is 1500. The Morgan fingerprint density at radius 1 is 0.925 bits per heavy atom. The molecule has 9 heteroatoms. The number of hydrogen-bond donors (Lipinski definition) is 1. The highest BCUT2D eigenvalue weighted by molar-refractivity contribution is 6.31. The third kappa shape index (κ3) is 6.65. The number of halogens is 1. The molecule has 0 unspecified atom stereocenters. The smallest absolute Gasteiger partial charge is 0.238 e. The second-order valence-electron chi connectivity index (χ2n) is 9.78. The molecule has 2 aromatic heterocycles. The van der Waals surface area contributed by atoms with Gasteiger partial charge in [-0.05, 0) is 74.9 Å². The van der Waals surface area contributed by atoms with Crippen LogP contribution in [-0.2, 0) is 16.1 Å². The van der Waals surface area contributed by atoms with Gasteiger partial charge in [-0.2, -0.15) is 0 Å². The summed E-state index contributed by atoms with van der Waals surface area (Å²) in [5, 5.41) is 3.49. The van der Waals surface area contributed by atoms with Crippen LogP contribution in [0.1, 0.15) is 22.6 Å². The maximum Gasteiger partial charge on any atom is 0.238 e. The van der Waals surface area contributed by atoms with Gasteiger partial charge in [0.2, 0.25) is 5.91 Å². The Balaban J connectivity index is 1.39. The van der Waals surface area contributed by atoms with Crippen LogP contribution in [0.3, 0.4) is 0 Å². The van der Waals surface area contributed by atoms with Crippen molar-refractivity contribution in [3.63, 3.8) is 0 Å². The number of amides is 1. The van der Waals surface area contributed by atoms with Crippen molar-refractivity contribution >= 4 is 23.2 Å². The standard InChI is InChI=1S/C31H33ClN4O4/c1-21-7-6-10-30(33-21)36-22(2)17-24(23(36)3)19-35-13-14-38-15-16-39-28-8-4-5-9-29(28)40-27-12-11-25(32)18-26(27)34-31(37)20-35/h4-12,17-18H,13-16,19-20H2,1-3H3,(H,34,37). The van der Waals surface area contributed by atoms with Crippen molar-refractivity contribution in [1.29, 1.82) is 0 Å². The number of carbonyl (C=O) groups is 1. The Hall–Kier alpha value is -3.85. The lowest BCUT2D eigenvalue weighted by atomic mass is 10.2. The summed E-state index contributed by atoms with van der Waals surface area (Å²) in [6.07, 6.45) is 0. The van der Waals surface area contributed by atoms with E-state index in [-0.39, 0.29) is 12.5 Å². The molecule has 40 heavy (non-hydrogen) atoms. The maximum atomic E-state index is 13.3. The van der Waals surface area contributed by atoms with Gasteiger partial charge in [-0.1, -0.05) is 29.8 Å². The zero-order chi connectivity index (χ0) is 28.1. The molecule has 1 aliphatic heterocycles. The number of aryl methyl sites for hydroxylation is 2. The van der Waals surface area contributed by atoms with E-state index in [4.69, 9.17) is 30.8 Å². The van der Waals surface area contributed by atoms with Crippen molar-refractivity contribution in [2.75, 3.05) is 38.2 Å². The number of nitrogens with zero attached hydrogens (tertiary/aromatic N) is 3. The van der Waals surface area contributed by atoms with Crippen LogP contribution in [0.15, 0.2) is 66.7 Å². The highest BCUT2D eigenvalue weighted by Crippen LogP contribution is 2.36. The zero-order valence-electron chi connectivity index (χ0n) is 22.9. The highest BCUT2D eigenvalue weighted by atomic mass is 35.5. The summed E-state index contributed by atoms with van der Waals surface area (Å²) in [7, 11) is 0. The molecule has 0 atom stereocenters. The van der Waals surface area contributed by atoms with Crippen LogP contribution in [0, 0.1) is 20.8 Å². The summed E-state index contributed by atoms with van der Waals surface area (Å²) in [5.41, 5.74) is 4.74. The molecule has 8 nitrogen and oxygen atoms in total. The average Bonchev–Trinajstić information content (AvgIpc) is 3.19. The molecule has 0 fully saturated rings. The lowest BCUT2D eigenvalue weighted by Crippen LogP contribution is -2.35. The predicted octanol–water partition coefficient (Wildman–Crippen LogP) is 6.09. The van der Waals surface area contributed by atoms with E-state index in [1.54, 1.807) is 18.2 Å². The van der Waals surface area contributed by atoms with Gasteiger partial charge in [-0.3, -0.25) is 9.69 Å². The lowest BCUT2D eigenvalue weighted by Gasteiger charge is -2.22. The fourth-order valence-electron chi connectivity index (χ4n) is 4.81. The van der Waals surface area contributed by atoms with Crippen LogP contribution >= 0.6 is 11.6 Å². The van der Waals surface area contributed by atoms with E-state index in [9.17, 15) is 4.79 Å². The minimum atomic E-state index is -0.180. The van der Waals surface area contributed by atoms with Crippen molar-refractivity contribution < 1.29 is 19.0 Å². The van der Waals surface area contributed by atoms with E-state index >= 15 is 0 Å². The number of benzene rings is 2. The van der Waals surface area contributed by atoms with Crippen molar-refractivity contribution in [2.45, 2.75) is 27.3 Å². The molecule has 208 valence electrons. The first-order chi connectivity index (χ1) is 19.4. The number of anilines is 1. The highest BCUT2D eigenvalue weighted by Gasteiger charge is 2.19. The fraction of sp³-hybridized carbons (Fsp3) is 0.290. The van der Waals surface area contributed by atoms with E-state index in [2.05, 4.69) is 34.7 Å². The molecule has 0 saturated carbocycles. The molecule has 1 amide bonds. The van der Waals surface area contributed by atoms with Gasteiger partial charge in [0.25, 0.3) is 0 Å². The normalized spacial score (nSPS) is 15.1. The average molecular weight is 561 g/mol. The Kier molecular flexibility index (Phi) is 8.69. The molecular formula is C31H33ClN4O4. The number of para-hydroxylation sites is 2. The zero-order valence-corrected chi connectivity index (χ0v) is 23.7. The first-order valence-corrected chi connectivity index (χ1v) is 13.7. The quantitative estimate of drug-likeness (QED) is 0.326. The van der Waals surface area contributed by atoms with Crippen LogP contribution in [0.2, 0.25) is 5.02 Å². The molecule has 1 aliphatic rings. The molecule has 3 heterocycles. The van der Waals surface area contributed by atoms with Crippen molar-refractivity contribution in [1.82, 2.24) is 14.5 Å². The first kappa shape index (κ1) is 27.7. The van der Waals surface area contributed by atoms with Crippen LogP contribution in [0.5, 0.6) is 17.2 Å². The number of carbonyl (C=O) groups excluding carboxylic acids is 1. The molecule has 2 aromatic carbocycles. The van der Waals surface area contributed by atoms with Gasteiger partial charge in [0.05, 0.1) is 25.4 Å². The van der Waals surface area contributed by atoms with Gasteiger partial charge in [-0.25, -0.2) is 4.98 Å². The van der Waals surface area contributed by atoms with Crippen molar-refractivity contribution in [3.8, 4) is 23.1 Å². The predicted molar refractivity (Wildman–Crippen MR) is 156 cm³/mol. The number of fused-ring (bicyclic) bond motifs is 2. The van der Waals surface area contributed by atoms with E-state index in [1.165, 1.54) is 0 Å². The van der Waals surface area contributed by atoms with Gasteiger partial charge in [0.15, 0.2) is 17.2 Å². The number of ether oxygens (including phenoxy) is 3. The second kappa shape index (κ2) is 12.6. The molecule has 0 bridgehead atoms. The molecule has 1 N–H and O–H groups in total. The Labute approximate surface area is 239 Å². The minimum Gasteiger partial charge on any atom is -0.487 e. The SMILES string of the molecule is Cc1cccc(-n2c(C)cc(CN3CCOCCOc4ccccc4Oc4ccc(Cl)cc4NC(=O)C3)c2C)n1. The van der Waals surface area contributed by atoms with Gasteiger partial charge in [-0.15, -0.1) is 0 Å². The number of nitrogens with one attached hydrogen (secondary N) is 1. The fourth-order valence-corrected chi connectivity index (χ4v) is 4.98. The Morgan fingerprint density at radius 3 is 2.58 bits per heavy atom. The van der Waals surface area contributed by atoms with Crippen LogP contribution in [0.25, 0.3) is 5.82 Å². The number of pyridine rings is 1. The Morgan fingerprint density at radius 2 is 1.75 bits per heavy atom. The molecule has 5 rings (SSSR count). The number of aromatic nitrogens is 2. The number of rotatable bonds is 3. The van der Waals surface area contributed by atoms with E-state index in [1.807, 2.05) is 49.4 Å². The first-order valence-electron chi connectivity index (χ1n) is 13.3. The monoisotopic (exact) mass is 560 g/mol. The molecule has 0 radical (unpaired) electrons. The van der Waals surface area contributed by atoms with Crippen molar-refractivity contribution in [3.05, 3.63) is 94.4 Å². The topological polar surface area (TPSA) is 77.9 Å². The summed E-state index contributed by atoms with van der Waals surface area (Å²) in [4.78, 5) is 20.1. The third-order valence-electron chi connectivity index (χ3n) is 6.72. The molecular weight excluding hydrogens is 528 g/mol. The molecule has 4 aromatic rings. The molecule has 0 saturated heterocycles. The summed E-state index contributed by atoms with van der Waals surface area (Å²) < 4.78 is 20.1. The summed E-state index contributed by atoms with van der Waals surface area (Å²) in [5.74, 6) is 2.30. The summed E-state index contributed by atoms with van der Waals surface area (Å²) >= 11 is 6.28. The third-order valence-corrected chi connectivity index (χ3v) is 6.96. The summed E-state index contributed by atoms with van der Waals surface area (Å²) in [6.45, 7) is 8.67. The summed E-state index contributed by atoms with van der Waals surface area (Å²) in [6, 6.07) is 20.7. The van der Waals surface area contributed by atoms with E-state index in [0.29, 0.717) is 60.9 Å². The van der Waals surface area contributed by atoms with Gasteiger partial charge >= 0.3 is 0 Å². The molecule has 0 spiro atoms. The van der Waals surface area contributed by atoms with Crippen LogP contribution < -0.4 is 14.8 Å². The second-order valence-corrected chi connectivity index (χ2v) is 10.2. The lowest BCUT2D eigenvalue weighted by molar-refractivity contribution is -0.117. The molecule has 0 aliphatic carbocycles. The van der Waals surface area contributed by atoms with E-state index < -0.39 is 0 Å². The van der Waals surface area contributed by atoms with Gasteiger partial charge < -0.3 is 24.1 Å². The van der Waals surface area contributed by atoms with Crippen LogP contribution in [0.4, 0.5) is 5.69 Å². The van der Waals surface area contributed by atoms with Crippen molar-refractivity contribution in [2.24, 2.45) is 0 Å². The number of hydrogen-bond acceptors (Lipinski definition) is 6. The van der Waals surface area contributed by atoms with Gasteiger partial charge in [0, 0.05) is 35.2 Å².